The second-order valence-electron chi connectivity index (χ2n) is 5.74. The molecule has 2 N–H and O–H groups in total. The molecule has 120 valence electrons. The summed E-state index contributed by atoms with van der Waals surface area (Å²) in [5.74, 6) is -0.210. The number of nitrogens with two attached hydrogens (primary N) is 1. The van der Waals surface area contributed by atoms with E-state index in [1.165, 1.54) is 0 Å². The van der Waals surface area contributed by atoms with E-state index in [2.05, 4.69) is 9.89 Å². The number of halogens is 3. The molecular formula is C15H19ClF2N4. The van der Waals surface area contributed by atoms with Gasteiger partial charge in [0.25, 0.3) is 0 Å². The predicted molar refractivity (Wildman–Crippen MR) is 84.8 cm³/mol. The molecule has 0 spiro atoms. The molecule has 4 nitrogen and oxygen atoms in total. The first-order valence-corrected chi connectivity index (χ1v) is 7.79. The molecule has 0 radical (unpaired) electrons. The van der Waals surface area contributed by atoms with Crippen molar-refractivity contribution >= 4 is 23.2 Å². The average Bonchev–Trinajstić information content (AvgIpc) is 3.28. The molecule has 0 aromatic heterocycles. The van der Waals surface area contributed by atoms with Crippen LogP contribution in [-0.4, -0.2) is 49.5 Å². The summed E-state index contributed by atoms with van der Waals surface area (Å²) < 4.78 is 25.0. The van der Waals surface area contributed by atoms with Crippen molar-refractivity contribution in [3.05, 3.63) is 29.3 Å². The zero-order valence-electron chi connectivity index (χ0n) is 12.1. The summed E-state index contributed by atoms with van der Waals surface area (Å²) >= 11 is 5.89. The lowest BCUT2D eigenvalue weighted by molar-refractivity contribution is 0.121. The number of hydrogen-bond acceptors (Lipinski definition) is 2. The zero-order chi connectivity index (χ0) is 15.7. The van der Waals surface area contributed by atoms with Gasteiger partial charge >= 0.3 is 0 Å². The van der Waals surface area contributed by atoms with E-state index in [9.17, 15) is 8.78 Å². The molecule has 1 aromatic rings. The van der Waals surface area contributed by atoms with Gasteiger partial charge in [-0.05, 0) is 30.7 Å². The Balaban J connectivity index is 1.53. The Hall–Kier alpha value is -1.56. The Morgan fingerprint density at radius 3 is 2.36 bits per heavy atom. The van der Waals surface area contributed by atoms with E-state index in [4.69, 9.17) is 17.3 Å². The van der Waals surface area contributed by atoms with E-state index >= 15 is 0 Å². The highest BCUT2D eigenvalue weighted by atomic mass is 35.5. The summed E-state index contributed by atoms with van der Waals surface area (Å²) in [5, 5.41) is 0.719. The van der Waals surface area contributed by atoms with E-state index in [1.807, 2.05) is 29.2 Å². The highest BCUT2D eigenvalue weighted by Gasteiger charge is 2.44. The first-order chi connectivity index (χ1) is 10.5. The Bertz CT molecular complexity index is 541. The zero-order valence-corrected chi connectivity index (χ0v) is 12.9. The summed E-state index contributed by atoms with van der Waals surface area (Å²) in [6.45, 7) is 3.12. The van der Waals surface area contributed by atoms with Crippen LogP contribution in [0.5, 0.6) is 0 Å². The van der Waals surface area contributed by atoms with Crippen LogP contribution in [0.3, 0.4) is 0 Å². The van der Waals surface area contributed by atoms with Crippen molar-refractivity contribution in [1.29, 1.82) is 0 Å². The number of anilines is 1. The third kappa shape index (κ3) is 3.43. The van der Waals surface area contributed by atoms with Gasteiger partial charge in [0.05, 0.1) is 6.04 Å². The number of hydrogen-bond donors (Lipinski definition) is 1. The van der Waals surface area contributed by atoms with Gasteiger partial charge in [0.2, 0.25) is 6.43 Å². The monoisotopic (exact) mass is 328 g/mol. The molecule has 0 bridgehead atoms. The van der Waals surface area contributed by atoms with Crippen LogP contribution >= 0.6 is 11.6 Å². The minimum Gasteiger partial charge on any atom is -0.370 e. The number of benzene rings is 1. The van der Waals surface area contributed by atoms with Gasteiger partial charge in [0.15, 0.2) is 5.96 Å². The van der Waals surface area contributed by atoms with Crippen molar-refractivity contribution in [2.24, 2.45) is 16.6 Å². The van der Waals surface area contributed by atoms with Gasteiger partial charge in [0.1, 0.15) is 0 Å². The molecule has 1 aliphatic carbocycles. The maximum Gasteiger partial charge on any atom is 0.243 e. The van der Waals surface area contributed by atoms with Crippen molar-refractivity contribution in [3.63, 3.8) is 0 Å². The fraction of sp³-hybridized carbons (Fsp3) is 0.533. The Morgan fingerprint density at radius 2 is 1.82 bits per heavy atom. The molecule has 2 aliphatic rings. The highest BCUT2D eigenvalue weighted by molar-refractivity contribution is 6.30. The molecule has 0 unspecified atom stereocenters. The van der Waals surface area contributed by atoms with Gasteiger partial charge in [0, 0.05) is 42.8 Å². The molecule has 3 rings (SSSR count). The standard InChI is InChI=1S/C15H19ClF2N4/c16-10-1-3-11(4-2-10)21-5-7-22(8-6-21)15(19)20-13-9-12(13)14(17)18/h1-4,12-14H,5-9H2,(H2,19,20)/t12-,13-/m0/s1. The number of alkyl halides is 2. The summed E-state index contributed by atoms with van der Waals surface area (Å²) in [4.78, 5) is 8.44. The number of nitrogens with zero attached hydrogens (tertiary/aromatic N) is 3. The molecular weight excluding hydrogens is 310 g/mol. The van der Waals surface area contributed by atoms with E-state index in [0.717, 1.165) is 36.9 Å². The van der Waals surface area contributed by atoms with Gasteiger partial charge in [-0.1, -0.05) is 11.6 Å². The lowest BCUT2D eigenvalue weighted by Crippen LogP contribution is -2.51. The summed E-state index contributed by atoms with van der Waals surface area (Å²) in [6.07, 6.45) is -1.84. The molecule has 1 saturated heterocycles. The average molecular weight is 329 g/mol. The largest absolute Gasteiger partial charge is 0.370 e. The minimum absolute atomic E-state index is 0.297. The van der Waals surface area contributed by atoms with Gasteiger partial charge in [-0.3, -0.25) is 0 Å². The van der Waals surface area contributed by atoms with Crippen LogP contribution in [0.15, 0.2) is 29.3 Å². The van der Waals surface area contributed by atoms with Crippen LogP contribution < -0.4 is 10.6 Å². The normalized spacial score (nSPS) is 25.7. The number of piperazine rings is 1. The quantitative estimate of drug-likeness (QED) is 0.684. The van der Waals surface area contributed by atoms with E-state index in [1.54, 1.807) is 0 Å². The fourth-order valence-electron chi connectivity index (χ4n) is 2.72. The van der Waals surface area contributed by atoms with Crippen molar-refractivity contribution in [3.8, 4) is 0 Å². The van der Waals surface area contributed by atoms with Crippen LogP contribution in [0.1, 0.15) is 6.42 Å². The maximum absolute atomic E-state index is 12.5. The molecule has 2 fully saturated rings. The predicted octanol–water partition coefficient (Wildman–Crippen LogP) is 2.43. The number of aliphatic imine (C=N–C) groups is 1. The molecule has 1 saturated carbocycles. The van der Waals surface area contributed by atoms with Crippen LogP contribution in [0.2, 0.25) is 5.02 Å². The van der Waals surface area contributed by atoms with Crippen LogP contribution in [0, 0.1) is 5.92 Å². The number of guanidine groups is 1. The Morgan fingerprint density at radius 1 is 1.18 bits per heavy atom. The smallest absolute Gasteiger partial charge is 0.243 e. The second-order valence-corrected chi connectivity index (χ2v) is 6.18. The highest BCUT2D eigenvalue weighted by Crippen LogP contribution is 2.39. The molecule has 1 aromatic carbocycles. The fourth-order valence-corrected chi connectivity index (χ4v) is 2.84. The van der Waals surface area contributed by atoms with Crippen molar-refractivity contribution in [2.75, 3.05) is 31.1 Å². The summed E-state index contributed by atoms with van der Waals surface area (Å²) in [7, 11) is 0. The second kappa shape index (κ2) is 6.28. The Labute approximate surface area is 133 Å². The molecule has 7 heteroatoms. The first kappa shape index (κ1) is 15.3. The minimum atomic E-state index is -2.29. The molecule has 22 heavy (non-hydrogen) atoms. The van der Waals surface area contributed by atoms with E-state index in [-0.39, 0.29) is 6.04 Å². The van der Waals surface area contributed by atoms with E-state index < -0.39 is 12.3 Å². The molecule has 1 aliphatic heterocycles. The SMILES string of the molecule is NC(=N[C@H]1C[C@@H]1C(F)F)N1CCN(c2ccc(Cl)cc2)CC1. The van der Waals surface area contributed by atoms with Crippen LogP contribution in [0.25, 0.3) is 0 Å². The van der Waals surface area contributed by atoms with Gasteiger partial charge in [-0.25, -0.2) is 13.8 Å². The lowest BCUT2D eigenvalue weighted by atomic mass is 10.2. The van der Waals surface area contributed by atoms with Gasteiger partial charge in [-0.2, -0.15) is 0 Å². The van der Waals surface area contributed by atoms with Crippen molar-refractivity contribution in [2.45, 2.75) is 18.9 Å². The topological polar surface area (TPSA) is 44.9 Å². The molecule has 1 heterocycles. The molecule has 0 amide bonds. The van der Waals surface area contributed by atoms with Crippen molar-refractivity contribution < 1.29 is 8.78 Å². The van der Waals surface area contributed by atoms with E-state index in [0.29, 0.717) is 12.4 Å². The van der Waals surface area contributed by atoms with Gasteiger partial charge in [-0.15, -0.1) is 0 Å². The first-order valence-electron chi connectivity index (χ1n) is 7.41. The van der Waals surface area contributed by atoms with Crippen molar-refractivity contribution in [1.82, 2.24) is 4.90 Å². The number of rotatable bonds is 3. The maximum atomic E-state index is 12.5. The summed E-state index contributed by atoms with van der Waals surface area (Å²) in [5.41, 5.74) is 7.08. The Kier molecular flexibility index (Phi) is 4.38. The lowest BCUT2D eigenvalue weighted by Gasteiger charge is -2.36. The third-order valence-corrected chi connectivity index (χ3v) is 4.47. The van der Waals surface area contributed by atoms with Gasteiger partial charge < -0.3 is 15.5 Å². The van der Waals surface area contributed by atoms with Crippen LogP contribution in [-0.2, 0) is 0 Å². The van der Waals surface area contributed by atoms with Crippen LogP contribution in [0.4, 0.5) is 14.5 Å². The molecule has 2 atom stereocenters. The summed E-state index contributed by atoms with van der Waals surface area (Å²) in [6, 6.07) is 7.43. The third-order valence-electron chi connectivity index (χ3n) is 4.22.